The molecule has 0 unspecified atom stereocenters. The lowest BCUT2D eigenvalue weighted by molar-refractivity contribution is -0.142. The lowest BCUT2D eigenvalue weighted by atomic mass is 9.88. The maximum atomic E-state index is 14.9. The van der Waals surface area contributed by atoms with Gasteiger partial charge >= 0.3 is 6.09 Å². The van der Waals surface area contributed by atoms with Crippen molar-refractivity contribution in [3.63, 3.8) is 0 Å². The molecule has 2 saturated heterocycles. The summed E-state index contributed by atoms with van der Waals surface area (Å²) >= 11 is 0. The summed E-state index contributed by atoms with van der Waals surface area (Å²) in [6.45, 7) is 5.43. The average Bonchev–Trinajstić information content (AvgIpc) is 4.10. The van der Waals surface area contributed by atoms with Crippen molar-refractivity contribution in [1.82, 2.24) is 25.2 Å². The summed E-state index contributed by atoms with van der Waals surface area (Å²) in [6.07, 6.45) is 6.89. The van der Waals surface area contributed by atoms with E-state index in [0.29, 0.717) is 50.0 Å². The van der Waals surface area contributed by atoms with Crippen molar-refractivity contribution < 1.29 is 50.9 Å². The van der Waals surface area contributed by atoms with Crippen LogP contribution >= 0.6 is 0 Å². The fourth-order valence-corrected chi connectivity index (χ4v) is 10.0. The number of benzene rings is 1. The summed E-state index contributed by atoms with van der Waals surface area (Å²) in [6, 6.07) is 5.07. The van der Waals surface area contributed by atoms with Gasteiger partial charge in [-0.1, -0.05) is 44.2 Å². The normalized spacial score (nSPS) is 31.3. The van der Waals surface area contributed by atoms with Crippen LogP contribution in [0.5, 0.6) is 11.6 Å². The fourth-order valence-electron chi connectivity index (χ4n) is 8.59. The molecule has 17 heteroatoms. The van der Waals surface area contributed by atoms with Crippen molar-refractivity contribution in [2.45, 2.75) is 113 Å². The van der Waals surface area contributed by atoms with Crippen molar-refractivity contribution in [3.05, 3.63) is 42.6 Å². The molecular weight excluding hydrogens is 774 g/mol. The molecule has 3 aliphatic heterocycles. The maximum absolute atomic E-state index is 14.9. The second-order valence-electron chi connectivity index (χ2n) is 17.1. The van der Waals surface area contributed by atoms with E-state index < -0.39 is 80.5 Å². The van der Waals surface area contributed by atoms with Crippen LogP contribution in [0, 0.1) is 17.8 Å². The van der Waals surface area contributed by atoms with E-state index in [2.05, 4.69) is 27.3 Å². The summed E-state index contributed by atoms with van der Waals surface area (Å²) in [7, 11) is -2.85. The van der Waals surface area contributed by atoms with E-state index in [-0.39, 0.29) is 49.9 Å². The van der Waals surface area contributed by atoms with Gasteiger partial charge in [0, 0.05) is 36.0 Å². The van der Waals surface area contributed by atoms with Gasteiger partial charge in [0.2, 0.25) is 27.7 Å². The minimum Gasteiger partial charge on any atom is -0.494 e. The number of fused-ring (bicyclic) bond motifs is 3. The van der Waals surface area contributed by atoms with E-state index in [9.17, 15) is 32.0 Å². The number of ether oxygens (including phenoxy) is 4. The van der Waals surface area contributed by atoms with Crippen LogP contribution in [-0.2, 0) is 33.9 Å². The Hall–Kier alpha value is -4.51. The molecule has 2 aliphatic carbocycles. The van der Waals surface area contributed by atoms with E-state index in [0.717, 1.165) is 11.8 Å². The molecule has 0 radical (unpaired) electrons. The first kappa shape index (κ1) is 41.6. The number of amides is 4. The molecule has 7 atom stereocenters. The Morgan fingerprint density at radius 3 is 2.50 bits per heavy atom. The number of pyridine rings is 1. The highest BCUT2D eigenvalue weighted by Crippen LogP contribution is 2.48. The SMILES string of the molecule is COc1cnc(O[C@@H]2C[C@H]3C(=O)N[C@]4(C(=O)NS(=O)(=O)C5(CF)CC5)C[C@H]4/C=C\CC[C@@H](C)C[C@@H](C)[C@H](NC(=O)OC4(C)CCOCC4)C(=O)N3C2)c2ccccc12. The van der Waals surface area contributed by atoms with Crippen LogP contribution in [0.1, 0.15) is 78.6 Å². The van der Waals surface area contributed by atoms with E-state index in [4.69, 9.17) is 18.9 Å². The van der Waals surface area contributed by atoms with Crippen LogP contribution in [0.4, 0.5) is 9.18 Å². The summed E-state index contributed by atoms with van der Waals surface area (Å²) in [5.41, 5.74) is -2.45. The third-order valence-corrected chi connectivity index (χ3v) is 14.8. The number of carbonyl (C=O) groups is 4. The third kappa shape index (κ3) is 8.34. The highest BCUT2D eigenvalue weighted by atomic mass is 32.2. The van der Waals surface area contributed by atoms with Gasteiger partial charge in [0.1, 0.15) is 46.5 Å². The van der Waals surface area contributed by atoms with Crippen LogP contribution in [0.3, 0.4) is 0 Å². The smallest absolute Gasteiger partial charge is 0.408 e. The molecule has 15 nitrogen and oxygen atoms in total. The zero-order valence-electron chi connectivity index (χ0n) is 33.5. The summed E-state index contributed by atoms with van der Waals surface area (Å²) in [4.78, 5) is 62.9. The molecule has 0 bridgehead atoms. The quantitative estimate of drug-likeness (QED) is 0.309. The lowest BCUT2D eigenvalue weighted by Gasteiger charge is -2.35. The van der Waals surface area contributed by atoms with Gasteiger partial charge in [-0.05, 0) is 63.4 Å². The Kier molecular flexibility index (Phi) is 11.7. The average molecular weight is 828 g/mol. The van der Waals surface area contributed by atoms with Gasteiger partial charge in [-0.25, -0.2) is 22.6 Å². The number of alkyl halides is 1. The Morgan fingerprint density at radius 1 is 1.09 bits per heavy atom. The van der Waals surface area contributed by atoms with Gasteiger partial charge in [-0.3, -0.25) is 19.1 Å². The van der Waals surface area contributed by atoms with Gasteiger partial charge < -0.3 is 34.5 Å². The predicted octanol–water partition coefficient (Wildman–Crippen LogP) is 4.09. The molecular formula is C41H54FN5O10S. The van der Waals surface area contributed by atoms with Crippen LogP contribution in [0.2, 0.25) is 0 Å². The second kappa shape index (κ2) is 16.3. The molecule has 1 aromatic heterocycles. The zero-order valence-corrected chi connectivity index (χ0v) is 34.3. The summed E-state index contributed by atoms with van der Waals surface area (Å²) in [5.74, 6) is -2.22. The number of methoxy groups -OCH3 is 1. The lowest BCUT2D eigenvalue weighted by Crippen LogP contribution is -2.59. The molecule has 4 heterocycles. The third-order valence-electron chi connectivity index (χ3n) is 12.6. The van der Waals surface area contributed by atoms with E-state index in [1.54, 1.807) is 0 Å². The first-order chi connectivity index (χ1) is 27.6. The Labute approximate surface area is 338 Å². The molecule has 7 rings (SSSR count). The minimum absolute atomic E-state index is 0.0128. The first-order valence-corrected chi connectivity index (χ1v) is 21.7. The van der Waals surface area contributed by atoms with Gasteiger partial charge in [-0.15, -0.1) is 0 Å². The number of rotatable bonds is 9. The van der Waals surface area contributed by atoms with Crippen molar-refractivity contribution in [3.8, 4) is 11.6 Å². The van der Waals surface area contributed by atoms with Gasteiger partial charge in [0.25, 0.3) is 5.91 Å². The second-order valence-corrected chi connectivity index (χ2v) is 19.2. The number of halogens is 1. The number of allylic oxidation sites excluding steroid dienone is 1. The number of carbonyl (C=O) groups excluding carboxylic acids is 4. The number of aromatic nitrogens is 1. The topological polar surface area (TPSA) is 192 Å². The molecule has 4 amide bonds. The number of sulfonamides is 1. The first-order valence-electron chi connectivity index (χ1n) is 20.2. The Morgan fingerprint density at radius 2 is 1.81 bits per heavy atom. The molecule has 1 aromatic carbocycles. The van der Waals surface area contributed by atoms with E-state index in [1.165, 1.54) is 18.2 Å². The Balaban J connectivity index is 1.21. The van der Waals surface area contributed by atoms with Crippen molar-refractivity contribution in [1.29, 1.82) is 0 Å². The van der Waals surface area contributed by atoms with E-state index in [1.807, 2.05) is 50.3 Å². The molecule has 3 N–H and O–H groups in total. The number of nitrogens with zero attached hydrogens (tertiary/aromatic N) is 2. The van der Waals surface area contributed by atoms with Crippen molar-refractivity contribution >= 4 is 44.6 Å². The highest BCUT2D eigenvalue weighted by Gasteiger charge is 2.64. The number of hydrogen-bond acceptors (Lipinski definition) is 11. The van der Waals surface area contributed by atoms with E-state index >= 15 is 0 Å². The maximum Gasteiger partial charge on any atom is 0.408 e. The van der Waals surface area contributed by atoms with Gasteiger partial charge in [0.05, 0.1) is 33.1 Å². The monoisotopic (exact) mass is 827 g/mol. The zero-order chi connectivity index (χ0) is 41.5. The number of alkyl carbamates (subject to hydrolysis) is 1. The van der Waals surface area contributed by atoms with Crippen LogP contribution in [0.15, 0.2) is 42.6 Å². The highest BCUT2D eigenvalue weighted by molar-refractivity contribution is 7.91. The number of nitrogens with one attached hydrogen (secondary N) is 3. The summed E-state index contributed by atoms with van der Waals surface area (Å²) in [5, 5.41) is 7.10. The fraction of sp³-hybridized carbons (Fsp3) is 0.634. The number of hydrogen-bond donors (Lipinski definition) is 3. The Bertz CT molecular complexity index is 2060. The van der Waals surface area contributed by atoms with Crippen LogP contribution < -0.4 is 24.8 Å². The van der Waals surface area contributed by atoms with Crippen molar-refractivity contribution in [2.75, 3.05) is 33.5 Å². The molecule has 0 spiro atoms. The predicted molar refractivity (Wildman–Crippen MR) is 210 cm³/mol. The van der Waals surface area contributed by atoms with Crippen LogP contribution in [0.25, 0.3) is 10.8 Å². The molecule has 5 aliphatic rings. The van der Waals surface area contributed by atoms with Gasteiger partial charge in [0.15, 0.2) is 0 Å². The molecule has 58 heavy (non-hydrogen) atoms. The van der Waals surface area contributed by atoms with Crippen LogP contribution in [-0.4, -0.2) is 110 Å². The standard InChI is InChI=1S/C41H54FN5O10S/c1-25-9-5-6-10-27-21-41(27,37(50)46-58(52,53)40(24-42)13-14-40)45-34(48)31-20-28(56-35-30-12-8-7-11-29(30)32(54-4)22-43-35)23-47(31)36(49)33(26(2)19-25)44-38(51)57-39(3)15-17-55-18-16-39/h6-8,10-12,22,25-28,31,33H,5,9,13-21,23-24H2,1-4H3,(H,44,51)(H,45,48)(H,46,50)/b10-6-/t25-,26-,27-,28-,31+,33+,41-/m1/s1. The molecule has 316 valence electrons. The van der Waals surface area contributed by atoms with Gasteiger partial charge in [-0.2, -0.15) is 0 Å². The largest absolute Gasteiger partial charge is 0.494 e. The molecule has 2 aromatic rings. The minimum atomic E-state index is -4.39. The molecule has 4 fully saturated rings. The summed E-state index contributed by atoms with van der Waals surface area (Å²) < 4.78 is 64.1. The molecule has 2 saturated carbocycles. The van der Waals surface area contributed by atoms with Crippen molar-refractivity contribution in [2.24, 2.45) is 17.8 Å².